The summed E-state index contributed by atoms with van der Waals surface area (Å²) in [6, 6.07) is 9.86. The molecule has 1 atom stereocenters. The number of ether oxygens (including phenoxy) is 1. The van der Waals surface area contributed by atoms with Crippen molar-refractivity contribution in [3.05, 3.63) is 42.5 Å². The second-order valence-corrected chi connectivity index (χ2v) is 6.68. The Morgan fingerprint density at radius 2 is 1.54 bits per heavy atom. The van der Waals surface area contributed by atoms with Gasteiger partial charge in [-0.25, -0.2) is 13.8 Å². The molecule has 136 valence electrons. The normalized spacial score (nSPS) is 15.9. The molecule has 0 saturated heterocycles. The van der Waals surface area contributed by atoms with E-state index in [1.54, 1.807) is 24.3 Å². The van der Waals surface area contributed by atoms with E-state index in [-0.39, 0.29) is 0 Å². The highest BCUT2D eigenvalue weighted by molar-refractivity contribution is 7.85. The van der Waals surface area contributed by atoms with Crippen molar-refractivity contribution < 1.29 is 41.2 Å². The number of benzene rings is 2. The predicted molar refractivity (Wildman–Crippen MR) is 79.7 cm³/mol. The van der Waals surface area contributed by atoms with E-state index in [2.05, 4.69) is 4.74 Å². The standard InChI is InChI=1S/C16H8F4O5S/c17-15(18,13(21)22)16(19,20)14(23)25-8-5-6-12-10(7-8)9-3-1-2-4-11(9)26(12)24/h1-7H,(H,21,22). The number of aliphatic carboxylic acids is 1. The Hall–Kier alpha value is -2.75. The fourth-order valence-electron chi connectivity index (χ4n) is 2.35. The summed E-state index contributed by atoms with van der Waals surface area (Å²) >= 11 is 0. The lowest BCUT2D eigenvalue weighted by Gasteiger charge is -2.21. The monoisotopic (exact) mass is 388 g/mol. The van der Waals surface area contributed by atoms with E-state index in [1.165, 1.54) is 6.07 Å². The van der Waals surface area contributed by atoms with E-state index in [0.717, 1.165) is 12.1 Å². The first kappa shape index (κ1) is 18.1. The molecule has 26 heavy (non-hydrogen) atoms. The van der Waals surface area contributed by atoms with Crippen molar-refractivity contribution in [2.24, 2.45) is 0 Å². The number of carboxylic acids is 1. The first-order chi connectivity index (χ1) is 12.1. The third-order valence-electron chi connectivity index (χ3n) is 3.66. The van der Waals surface area contributed by atoms with E-state index in [4.69, 9.17) is 5.11 Å². The first-order valence-electron chi connectivity index (χ1n) is 6.94. The topological polar surface area (TPSA) is 80.7 Å². The highest BCUT2D eigenvalue weighted by Crippen LogP contribution is 2.42. The number of fused-ring (bicyclic) bond motifs is 3. The molecular formula is C16H8F4O5S. The number of rotatable bonds is 4. The number of carbonyl (C=O) groups is 2. The number of hydrogen-bond acceptors (Lipinski definition) is 4. The van der Waals surface area contributed by atoms with Crippen LogP contribution in [-0.2, 0) is 20.4 Å². The van der Waals surface area contributed by atoms with Crippen LogP contribution < -0.4 is 4.74 Å². The van der Waals surface area contributed by atoms with Crippen LogP contribution in [0.4, 0.5) is 17.6 Å². The summed E-state index contributed by atoms with van der Waals surface area (Å²) in [7, 11) is -1.52. The van der Waals surface area contributed by atoms with E-state index < -0.39 is 40.3 Å². The fraction of sp³-hybridized carbons (Fsp3) is 0.125. The molecule has 2 aromatic rings. The molecule has 0 radical (unpaired) electrons. The lowest BCUT2D eigenvalue weighted by Crippen LogP contribution is -2.53. The molecule has 0 fully saturated rings. The Balaban J connectivity index is 1.94. The first-order valence-corrected chi connectivity index (χ1v) is 8.09. The molecule has 1 aliphatic heterocycles. The van der Waals surface area contributed by atoms with Crippen LogP contribution in [-0.4, -0.2) is 33.1 Å². The SMILES string of the molecule is O=C(O)C(F)(F)C(F)(F)C(=O)Oc1ccc2c(c1)-c1ccccc1S2=O. The van der Waals surface area contributed by atoms with Gasteiger partial charge < -0.3 is 9.84 Å². The maximum atomic E-state index is 13.5. The summed E-state index contributed by atoms with van der Waals surface area (Å²) in [6.07, 6.45) is 0. The van der Waals surface area contributed by atoms with Crippen molar-refractivity contribution >= 4 is 22.7 Å². The minimum absolute atomic E-state index is 0.331. The number of carbonyl (C=O) groups excluding carboxylic acids is 1. The van der Waals surface area contributed by atoms with Crippen LogP contribution in [0.15, 0.2) is 52.3 Å². The Morgan fingerprint density at radius 3 is 2.19 bits per heavy atom. The van der Waals surface area contributed by atoms with Gasteiger partial charge in [-0.2, -0.15) is 17.6 Å². The van der Waals surface area contributed by atoms with Gasteiger partial charge >= 0.3 is 23.8 Å². The maximum absolute atomic E-state index is 13.5. The van der Waals surface area contributed by atoms with Gasteiger partial charge in [0.2, 0.25) is 0 Å². The smallest absolute Gasteiger partial charge is 0.416 e. The van der Waals surface area contributed by atoms with Gasteiger partial charge in [0.25, 0.3) is 0 Å². The molecule has 5 nitrogen and oxygen atoms in total. The third-order valence-corrected chi connectivity index (χ3v) is 5.17. The van der Waals surface area contributed by atoms with Gasteiger partial charge in [-0.1, -0.05) is 18.2 Å². The molecule has 0 aliphatic carbocycles. The van der Waals surface area contributed by atoms with Gasteiger partial charge in [0, 0.05) is 5.56 Å². The van der Waals surface area contributed by atoms with Crippen LogP contribution in [0.5, 0.6) is 5.75 Å². The van der Waals surface area contributed by atoms with E-state index in [0.29, 0.717) is 20.9 Å². The average molecular weight is 388 g/mol. The number of carboxylic acid groups (broad SMARTS) is 1. The molecule has 1 unspecified atom stereocenters. The zero-order valence-corrected chi connectivity index (χ0v) is 13.4. The second-order valence-electron chi connectivity index (χ2n) is 5.27. The summed E-state index contributed by atoms with van der Waals surface area (Å²) in [4.78, 5) is 22.5. The summed E-state index contributed by atoms with van der Waals surface area (Å²) in [5, 5.41) is 8.19. The molecule has 0 aromatic heterocycles. The quantitative estimate of drug-likeness (QED) is 0.422. The molecule has 0 amide bonds. The summed E-state index contributed by atoms with van der Waals surface area (Å²) < 4.78 is 69.6. The van der Waals surface area contributed by atoms with Crippen LogP contribution >= 0.6 is 0 Å². The minimum Gasteiger partial charge on any atom is -0.477 e. The number of hydrogen-bond donors (Lipinski definition) is 1. The van der Waals surface area contributed by atoms with Crippen LogP contribution in [0.1, 0.15) is 0 Å². The van der Waals surface area contributed by atoms with E-state index >= 15 is 0 Å². The summed E-state index contributed by atoms with van der Waals surface area (Å²) in [6.45, 7) is 0. The van der Waals surface area contributed by atoms with Crippen molar-refractivity contribution in [3.63, 3.8) is 0 Å². The van der Waals surface area contributed by atoms with Gasteiger partial charge in [0.1, 0.15) is 5.75 Å². The predicted octanol–water partition coefficient (Wildman–Crippen LogP) is 3.09. The van der Waals surface area contributed by atoms with Gasteiger partial charge in [-0.3, -0.25) is 0 Å². The number of halogens is 4. The van der Waals surface area contributed by atoms with Crippen molar-refractivity contribution in [2.45, 2.75) is 21.6 Å². The highest BCUT2D eigenvalue weighted by Gasteiger charge is 2.68. The minimum atomic E-state index is -5.63. The van der Waals surface area contributed by atoms with E-state index in [9.17, 15) is 31.4 Å². The van der Waals surface area contributed by atoms with Crippen molar-refractivity contribution in [1.29, 1.82) is 0 Å². The second kappa shape index (κ2) is 5.90. The van der Waals surface area contributed by atoms with Crippen LogP contribution in [0.3, 0.4) is 0 Å². The molecule has 0 bridgehead atoms. The van der Waals surface area contributed by atoms with Crippen LogP contribution in [0.25, 0.3) is 11.1 Å². The Labute approximate surface area is 145 Å². The van der Waals surface area contributed by atoms with Crippen molar-refractivity contribution in [1.82, 2.24) is 0 Å². The van der Waals surface area contributed by atoms with E-state index in [1.807, 2.05) is 0 Å². The van der Waals surface area contributed by atoms with Gasteiger partial charge in [0.05, 0.1) is 20.6 Å². The van der Waals surface area contributed by atoms with Crippen LogP contribution in [0.2, 0.25) is 0 Å². The zero-order chi connectivity index (χ0) is 19.3. The van der Waals surface area contributed by atoms with Crippen LogP contribution in [0, 0.1) is 0 Å². The summed E-state index contributed by atoms with van der Waals surface area (Å²) in [5.74, 6) is -17.6. The number of esters is 1. The average Bonchev–Trinajstić information content (AvgIpc) is 2.87. The molecule has 0 spiro atoms. The Morgan fingerprint density at radius 1 is 0.923 bits per heavy atom. The lowest BCUT2D eigenvalue weighted by molar-refractivity contribution is -0.229. The molecule has 1 heterocycles. The fourth-order valence-corrected chi connectivity index (χ4v) is 3.72. The molecule has 10 heteroatoms. The Kier molecular flexibility index (Phi) is 4.10. The molecule has 1 N–H and O–H groups in total. The van der Waals surface area contributed by atoms with Gasteiger partial charge in [-0.15, -0.1) is 0 Å². The molecule has 1 aliphatic rings. The Bertz CT molecular complexity index is 957. The lowest BCUT2D eigenvalue weighted by atomic mass is 10.1. The number of alkyl halides is 4. The third kappa shape index (κ3) is 2.57. The van der Waals surface area contributed by atoms with Crippen molar-refractivity contribution in [3.8, 4) is 16.9 Å². The highest BCUT2D eigenvalue weighted by atomic mass is 32.2. The van der Waals surface area contributed by atoms with Gasteiger partial charge in [-0.05, 0) is 29.8 Å². The summed E-state index contributed by atoms with van der Waals surface area (Å²) in [5.41, 5.74) is 0.846. The zero-order valence-electron chi connectivity index (χ0n) is 12.5. The van der Waals surface area contributed by atoms with Gasteiger partial charge in [0.15, 0.2) is 0 Å². The van der Waals surface area contributed by atoms with Crippen molar-refractivity contribution in [2.75, 3.05) is 0 Å². The molecule has 3 rings (SSSR count). The molecule has 0 saturated carbocycles. The molecular weight excluding hydrogens is 380 g/mol. The largest absolute Gasteiger partial charge is 0.477 e. The molecule has 2 aromatic carbocycles. The maximum Gasteiger partial charge on any atom is 0.416 e.